The van der Waals surface area contributed by atoms with Crippen LogP contribution in [0.15, 0.2) is 48.8 Å². The summed E-state index contributed by atoms with van der Waals surface area (Å²) >= 11 is 0. The maximum atomic E-state index is 13.4. The Labute approximate surface area is 214 Å². The molecule has 0 bridgehead atoms. The van der Waals surface area contributed by atoms with Gasteiger partial charge in [-0.2, -0.15) is 0 Å². The minimum Gasteiger partial charge on any atom is -0.497 e. The van der Waals surface area contributed by atoms with Gasteiger partial charge in [0.15, 0.2) is 0 Å². The molecule has 8 heteroatoms. The molecular formula is C28H38N4O4. The van der Waals surface area contributed by atoms with Gasteiger partial charge < -0.3 is 19.3 Å². The molecule has 0 radical (unpaired) electrons. The number of hydrogen-bond donors (Lipinski definition) is 0. The van der Waals surface area contributed by atoms with E-state index in [0.29, 0.717) is 31.9 Å². The third-order valence-corrected chi connectivity index (χ3v) is 7.65. The van der Waals surface area contributed by atoms with Crippen LogP contribution in [-0.2, 0) is 16.0 Å². The molecule has 0 aliphatic carbocycles. The molecule has 0 unspecified atom stereocenters. The van der Waals surface area contributed by atoms with Gasteiger partial charge in [0.2, 0.25) is 5.91 Å². The summed E-state index contributed by atoms with van der Waals surface area (Å²) in [5, 5.41) is 0. The monoisotopic (exact) mass is 494 g/mol. The van der Waals surface area contributed by atoms with Crippen molar-refractivity contribution in [2.45, 2.75) is 38.3 Å². The van der Waals surface area contributed by atoms with E-state index >= 15 is 0 Å². The molecule has 2 aliphatic rings. The SMILES string of the molecule is COc1cccc(C[C@@H](C2CCN(C(=O)[C@@H](C)N3CCOCC3)CC2)N(C)C(=O)c2cccnc2)c1. The third-order valence-electron chi connectivity index (χ3n) is 7.65. The number of benzene rings is 1. The molecule has 0 spiro atoms. The fourth-order valence-corrected chi connectivity index (χ4v) is 5.39. The summed E-state index contributed by atoms with van der Waals surface area (Å²) in [4.78, 5) is 36.8. The Kier molecular flexibility index (Phi) is 8.93. The first-order valence-electron chi connectivity index (χ1n) is 12.9. The topological polar surface area (TPSA) is 75.2 Å². The molecule has 8 nitrogen and oxygen atoms in total. The zero-order valence-corrected chi connectivity index (χ0v) is 21.6. The number of carbonyl (C=O) groups excluding carboxylic acids is 2. The summed E-state index contributed by atoms with van der Waals surface area (Å²) in [6, 6.07) is 11.5. The fourth-order valence-electron chi connectivity index (χ4n) is 5.39. The maximum absolute atomic E-state index is 13.4. The van der Waals surface area contributed by atoms with Gasteiger partial charge in [0.1, 0.15) is 5.75 Å². The first-order valence-corrected chi connectivity index (χ1v) is 12.9. The van der Waals surface area contributed by atoms with Crippen molar-refractivity contribution >= 4 is 11.8 Å². The van der Waals surface area contributed by atoms with Crippen LogP contribution in [0.1, 0.15) is 35.7 Å². The number of methoxy groups -OCH3 is 1. The normalized spacial score (nSPS) is 18.9. The Balaban J connectivity index is 1.46. The number of ether oxygens (including phenoxy) is 2. The number of morpholine rings is 1. The average molecular weight is 495 g/mol. The highest BCUT2D eigenvalue weighted by Crippen LogP contribution is 2.29. The zero-order chi connectivity index (χ0) is 25.5. The summed E-state index contributed by atoms with van der Waals surface area (Å²) in [5.74, 6) is 1.25. The molecule has 3 heterocycles. The number of pyridine rings is 1. The van der Waals surface area contributed by atoms with E-state index in [4.69, 9.17) is 9.47 Å². The molecule has 2 amide bonds. The van der Waals surface area contributed by atoms with Crippen LogP contribution in [0.3, 0.4) is 0 Å². The van der Waals surface area contributed by atoms with Crippen LogP contribution in [0.2, 0.25) is 0 Å². The highest BCUT2D eigenvalue weighted by Gasteiger charge is 2.35. The highest BCUT2D eigenvalue weighted by atomic mass is 16.5. The molecule has 2 aromatic rings. The lowest BCUT2D eigenvalue weighted by molar-refractivity contribution is -0.139. The van der Waals surface area contributed by atoms with E-state index in [1.165, 1.54) is 0 Å². The van der Waals surface area contributed by atoms with Gasteiger partial charge in [-0.25, -0.2) is 0 Å². The van der Waals surface area contributed by atoms with Crippen LogP contribution in [0, 0.1) is 5.92 Å². The largest absolute Gasteiger partial charge is 0.497 e. The quantitative estimate of drug-likeness (QED) is 0.562. The number of amides is 2. The molecule has 2 atom stereocenters. The first-order chi connectivity index (χ1) is 17.5. The molecule has 0 N–H and O–H groups in total. The zero-order valence-electron chi connectivity index (χ0n) is 21.6. The second-order valence-corrected chi connectivity index (χ2v) is 9.77. The average Bonchev–Trinajstić information content (AvgIpc) is 2.95. The van der Waals surface area contributed by atoms with Crippen molar-refractivity contribution in [3.8, 4) is 5.75 Å². The molecule has 2 fully saturated rings. The van der Waals surface area contributed by atoms with E-state index in [2.05, 4.69) is 16.0 Å². The lowest BCUT2D eigenvalue weighted by Crippen LogP contribution is -2.54. The minimum atomic E-state index is -0.132. The molecule has 36 heavy (non-hydrogen) atoms. The smallest absolute Gasteiger partial charge is 0.255 e. The number of piperidine rings is 1. The predicted molar refractivity (Wildman–Crippen MR) is 138 cm³/mol. The number of aromatic nitrogens is 1. The number of likely N-dealkylation sites (tertiary alicyclic amines) is 1. The Hall–Kier alpha value is -2.97. The van der Waals surface area contributed by atoms with E-state index in [-0.39, 0.29) is 29.8 Å². The summed E-state index contributed by atoms with van der Waals surface area (Å²) in [6.07, 6.45) is 5.75. The van der Waals surface area contributed by atoms with Crippen molar-refractivity contribution in [3.05, 3.63) is 59.9 Å². The number of rotatable bonds is 8. The molecule has 4 rings (SSSR count). The molecule has 1 aromatic heterocycles. The number of likely N-dealkylation sites (N-methyl/N-ethyl adjacent to an activating group) is 1. The number of hydrogen-bond acceptors (Lipinski definition) is 6. The Bertz CT molecular complexity index is 1000. The van der Waals surface area contributed by atoms with Crippen LogP contribution < -0.4 is 4.74 Å². The lowest BCUT2D eigenvalue weighted by Gasteiger charge is -2.42. The van der Waals surface area contributed by atoms with Crippen molar-refractivity contribution in [2.75, 3.05) is 53.6 Å². The van der Waals surface area contributed by atoms with Gasteiger partial charge >= 0.3 is 0 Å². The van der Waals surface area contributed by atoms with E-state index in [1.54, 1.807) is 25.6 Å². The Morgan fingerprint density at radius 2 is 1.89 bits per heavy atom. The fraction of sp³-hybridized carbons (Fsp3) is 0.536. The summed E-state index contributed by atoms with van der Waals surface area (Å²) in [5.41, 5.74) is 1.72. The first kappa shape index (κ1) is 26.1. The van der Waals surface area contributed by atoms with Gasteiger partial charge in [-0.1, -0.05) is 12.1 Å². The maximum Gasteiger partial charge on any atom is 0.255 e. The van der Waals surface area contributed by atoms with Crippen molar-refractivity contribution in [1.29, 1.82) is 0 Å². The highest BCUT2D eigenvalue weighted by molar-refractivity contribution is 5.94. The van der Waals surface area contributed by atoms with Crippen LogP contribution in [0.4, 0.5) is 0 Å². The minimum absolute atomic E-state index is 0.00118. The molecule has 0 saturated carbocycles. The van der Waals surface area contributed by atoms with Crippen molar-refractivity contribution in [3.63, 3.8) is 0 Å². The number of carbonyl (C=O) groups is 2. The van der Waals surface area contributed by atoms with Crippen LogP contribution in [-0.4, -0.2) is 97.1 Å². The van der Waals surface area contributed by atoms with Crippen molar-refractivity contribution < 1.29 is 19.1 Å². The van der Waals surface area contributed by atoms with Gasteiger partial charge in [0.25, 0.3) is 5.91 Å². The van der Waals surface area contributed by atoms with Crippen molar-refractivity contribution in [2.24, 2.45) is 5.92 Å². The molecule has 2 saturated heterocycles. The van der Waals surface area contributed by atoms with Gasteiger partial charge in [-0.05, 0) is 61.9 Å². The third kappa shape index (κ3) is 6.23. The summed E-state index contributed by atoms with van der Waals surface area (Å²) in [7, 11) is 3.55. The molecular weight excluding hydrogens is 456 g/mol. The van der Waals surface area contributed by atoms with Gasteiger partial charge in [0.05, 0.1) is 31.9 Å². The van der Waals surface area contributed by atoms with Gasteiger partial charge in [-0.15, -0.1) is 0 Å². The predicted octanol–water partition coefficient (Wildman–Crippen LogP) is 2.73. The van der Waals surface area contributed by atoms with Crippen LogP contribution in [0.25, 0.3) is 0 Å². The van der Waals surface area contributed by atoms with E-state index < -0.39 is 0 Å². The summed E-state index contributed by atoms with van der Waals surface area (Å²) < 4.78 is 10.9. The second kappa shape index (κ2) is 12.3. The molecule has 1 aromatic carbocycles. The van der Waals surface area contributed by atoms with E-state index in [9.17, 15) is 9.59 Å². The lowest BCUT2D eigenvalue weighted by atomic mass is 9.84. The second-order valence-electron chi connectivity index (χ2n) is 9.77. The summed E-state index contributed by atoms with van der Waals surface area (Å²) in [6.45, 7) is 6.39. The molecule has 194 valence electrons. The Morgan fingerprint density at radius 3 is 2.56 bits per heavy atom. The van der Waals surface area contributed by atoms with Crippen LogP contribution in [0.5, 0.6) is 5.75 Å². The van der Waals surface area contributed by atoms with E-state index in [0.717, 1.165) is 43.7 Å². The van der Waals surface area contributed by atoms with Crippen molar-refractivity contribution in [1.82, 2.24) is 19.7 Å². The standard InChI is InChI=1S/C28H38N4O4/c1-21(31-14-16-36-17-15-31)27(33)32-12-9-23(10-13-32)26(19-22-6-4-8-25(18-22)35-3)30(2)28(34)24-7-5-11-29-20-24/h4-8,11,18,20-21,23,26H,9-10,12-17,19H2,1-3H3/t21-,26+/m1/s1. The van der Waals surface area contributed by atoms with Gasteiger partial charge in [-0.3, -0.25) is 19.5 Å². The van der Waals surface area contributed by atoms with E-state index in [1.807, 2.05) is 48.0 Å². The van der Waals surface area contributed by atoms with Crippen LogP contribution >= 0.6 is 0 Å². The number of nitrogens with zero attached hydrogens (tertiary/aromatic N) is 4. The molecule has 2 aliphatic heterocycles. The Morgan fingerprint density at radius 1 is 1.14 bits per heavy atom. The van der Waals surface area contributed by atoms with Gasteiger partial charge in [0, 0.05) is 51.7 Å².